The van der Waals surface area contributed by atoms with Crippen LogP contribution in [-0.2, 0) is 4.74 Å². The van der Waals surface area contributed by atoms with Gasteiger partial charge in [0.25, 0.3) is 11.8 Å². The monoisotopic (exact) mass is 380 g/mol. The lowest BCUT2D eigenvalue weighted by Crippen LogP contribution is -2.13. The largest absolute Gasteiger partial charge is 0.465 e. The number of hydrogen-bond donors (Lipinski definition) is 2. The van der Waals surface area contributed by atoms with Crippen LogP contribution in [0, 0.1) is 0 Å². The van der Waals surface area contributed by atoms with Gasteiger partial charge in [0.2, 0.25) is 0 Å². The minimum Gasteiger partial charge on any atom is -0.465 e. The number of nitrogens with one attached hydrogen (secondary N) is 2. The zero-order chi connectivity index (χ0) is 19.2. The highest BCUT2D eigenvalue weighted by atomic mass is 32.1. The van der Waals surface area contributed by atoms with E-state index >= 15 is 0 Å². The molecule has 2 aromatic carbocycles. The molecule has 27 heavy (non-hydrogen) atoms. The first-order valence-electron chi connectivity index (χ1n) is 8.01. The smallest absolute Gasteiger partial charge is 0.337 e. The maximum atomic E-state index is 12.4. The number of benzene rings is 2. The second-order valence-corrected chi connectivity index (χ2v) is 6.48. The van der Waals surface area contributed by atoms with Crippen molar-refractivity contribution in [1.82, 2.24) is 0 Å². The molecule has 0 radical (unpaired) electrons. The lowest BCUT2D eigenvalue weighted by molar-refractivity contribution is 0.0600. The van der Waals surface area contributed by atoms with Crippen molar-refractivity contribution in [3.8, 4) is 0 Å². The van der Waals surface area contributed by atoms with Crippen LogP contribution in [0.3, 0.4) is 0 Å². The van der Waals surface area contributed by atoms with E-state index in [0.29, 0.717) is 27.4 Å². The van der Waals surface area contributed by atoms with E-state index in [4.69, 9.17) is 0 Å². The van der Waals surface area contributed by atoms with E-state index < -0.39 is 5.97 Å². The van der Waals surface area contributed by atoms with Crippen LogP contribution in [0.4, 0.5) is 11.4 Å². The van der Waals surface area contributed by atoms with E-state index in [1.807, 2.05) is 11.4 Å². The normalized spacial score (nSPS) is 10.1. The van der Waals surface area contributed by atoms with Gasteiger partial charge in [-0.3, -0.25) is 9.59 Å². The number of esters is 1. The van der Waals surface area contributed by atoms with Crippen LogP contribution in [-0.4, -0.2) is 24.9 Å². The molecule has 0 aliphatic heterocycles. The van der Waals surface area contributed by atoms with Crippen molar-refractivity contribution < 1.29 is 19.1 Å². The summed E-state index contributed by atoms with van der Waals surface area (Å²) in [4.78, 5) is 36.5. The Morgan fingerprint density at radius 1 is 0.815 bits per heavy atom. The molecule has 2 amide bonds. The van der Waals surface area contributed by atoms with Gasteiger partial charge in [-0.25, -0.2) is 4.79 Å². The molecule has 0 saturated heterocycles. The summed E-state index contributed by atoms with van der Waals surface area (Å²) in [7, 11) is 1.30. The van der Waals surface area contributed by atoms with Gasteiger partial charge in [0.1, 0.15) is 0 Å². The molecule has 0 atom stereocenters. The maximum Gasteiger partial charge on any atom is 0.337 e. The van der Waals surface area contributed by atoms with Gasteiger partial charge in [-0.15, -0.1) is 11.3 Å². The molecule has 0 fully saturated rings. The molecule has 1 aromatic heterocycles. The number of rotatable bonds is 5. The van der Waals surface area contributed by atoms with Crippen molar-refractivity contribution >= 4 is 40.5 Å². The van der Waals surface area contributed by atoms with Gasteiger partial charge in [-0.2, -0.15) is 0 Å². The minimum atomic E-state index is -0.462. The third-order valence-electron chi connectivity index (χ3n) is 3.69. The van der Waals surface area contributed by atoms with Crippen LogP contribution in [0.2, 0.25) is 0 Å². The van der Waals surface area contributed by atoms with E-state index in [9.17, 15) is 14.4 Å². The van der Waals surface area contributed by atoms with Crippen molar-refractivity contribution in [2.45, 2.75) is 0 Å². The average Bonchev–Trinajstić information content (AvgIpc) is 3.23. The van der Waals surface area contributed by atoms with Gasteiger partial charge in [0.15, 0.2) is 0 Å². The Hall–Kier alpha value is -3.45. The van der Waals surface area contributed by atoms with Crippen molar-refractivity contribution in [2.75, 3.05) is 17.7 Å². The summed E-state index contributed by atoms with van der Waals surface area (Å²) in [6, 6.07) is 16.6. The summed E-state index contributed by atoms with van der Waals surface area (Å²) >= 11 is 1.35. The summed E-state index contributed by atoms with van der Waals surface area (Å²) in [6.45, 7) is 0. The molecular formula is C20H16N2O4S. The summed E-state index contributed by atoms with van der Waals surface area (Å²) in [5.41, 5.74) is 1.89. The minimum absolute atomic E-state index is 0.202. The fraction of sp³-hybridized carbons (Fsp3) is 0.0500. The van der Waals surface area contributed by atoms with Crippen LogP contribution >= 0.6 is 11.3 Å². The molecule has 0 unspecified atom stereocenters. The molecule has 0 aliphatic carbocycles. The van der Waals surface area contributed by atoms with Crippen LogP contribution in [0.25, 0.3) is 0 Å². The highest BCUT2D eigenvalue weighted by Crippen LogP contribution is 2.18. The van der Waals surface area contributed by atoms with Crippen LogP contribution in [0.1, 0.15) is 30.4 Å². The van der Waals surface area contributed by atoms with E-state index in [1.54, 1.807) is 42.5 Å². The molecule has 0 aliphatic rings. The van der Waals surface area contributed by atoms with Crippen LogP contribution in [0.15, 0.2) is 66.0 Å². The zero-order valence-corrected chi connectivity index (χ0v) is 15.2. The topological polar surface area (TPSA) is 84.5 Å². The van der Waals surface area contributed by atoms with Gasteiger partial charge in [0.05, 0.1) is 17.6 Å². The maximum absolute atomic E-state index is 12.4. The number of anilines is 2. The second-order valence-electron chi connectivity index (χ2n) is 5.54. The molecule has 136 valence electrons. The summed E-state index contributed by atoms with van der Waals surface area (Å²) in [5.74, 6) is -0.990. The number of hydrogen-bond acceptors (Lipinski definition) is 5. The van der Waals surface area contributed by atoms with Crippen molar-refractivity contribution in [2.24, 2.45) is 0 Å². The van der Waals surface area contributed by atoms with E-state index in [-0.39, 0.29) is 11.8 Å². The lowest BCUT2D eigenvalue weighted by atomic mass is 10.1. The molecule has 0 spiro atoms. The van der Waals surface area contributed by atoms with Crippen molar-refractivity contribution in [3.63, 3.8) is 0 Å². The molecule has 6 nitrogen and oxygen atoms in total. The van der Waals surface area contributed by atoms with Crippen molar-refractivity contribution in [3.05, 3.63) is 82.0 Å². The second kappa shape index (κ2) is 8.29. The predicted octanol–water partition coefficient (Wildman–Crippen LogP) is 4.04. The van der Waals surface area contributed by atoms with Gasteiger partial charge >= 0.3 is 5.97 Å². The Morgan fingerprint density at radius 2 is 1.44 bits per heavy atom. The number of ether oxygens (including phenoxy) is 1. The number of carbonyl (C=O) groups excluding carboxylic acids is 3. The summed E-state index contributed by atoms with van der Waals surface area (Å²) in [6.07, 6.45) is 0. The molecule has 0 saturated carbocycles. The standard InChI is InChI=1S/C20H16N2O4S/c1-26-20(25)14-9-7-13(8-10-14)18(23)21-15-4-2-5-16(12-15)22-19(24)17-6-3-11-27-17/h2-12H,1H3,(H,21,23)(H,22,24). The number of thiophene rings is 1. The van der Waals surface area contributed by atoms with Gasteiger partial charge in [-0.1, -0.05) is 12.1 Å². The molecule has 2 N–H and O–H groups in total. The number of amides is 2. The fourth-order valence-electron chi connectivity index (χ4n) is 2.35. The first-order valence-corrected chi connectivity index (χ1v) is 8.89. The van der Waals surface area contributed by atoms with E-state index in [0.717, 1.165) is 0 Å². The third-order valence-corrected chi connectivity index (χ3v) is 4.56. The summed E-state index contributed by atoms with van der Waals surface area (Å²) in [5, 5.41) is 7.39. The number of carbonyl (C=O) groups is 3. The molecular weight excluding hydrogens is 364 g/mol. The number of methoxy groups -OCH3 is 1. The quantitative estimate of drug-likeness (QED) is 0.654. The van der Waals surface area contributed by atoms with Crippen LogP contribution in [0.5, 0.6) is 0 Å². The van der Waals surface area contributed by atoms with Gasteiger partial charge in [0, 0.05) is 16.9 Å². The average molecular weight is 380 g/mol. The SMILES string of the molecule is COC(=O)c1ccc(C(=O)Nc2cccc(NC(=O)c3cccs3)c2)cc1. The van der Waals surface area contributed by atoms with Crippen molar-refractivity contribution in [1.29, 1.82) is 0 Å². The Balaban J connectivity index is 1.67. The Morgan fingerprint density at radius 3 is 2.04 bits per heavy atom. The molecule has 1 heterocycles. The van der Waals surface area contributed by atoms with E-state index in [2.05, 4.69) is 15.4 Å². The molecule has 7 heteroatoms. The Kier molecular flexibility index (Phi) is 5.63. The third kappa shape index (κ3) is 4.59. The molecule has 0 bridgehead atoms. The first-order chi connectivity index (χ1) is 13.1. The van der Waals surface area contributed by atoms with E-state index in [1.165, 1.54) is 30.6 Å². The zero-order valence-electron chi connectivity index (χ0n) is 14.4. The molecule has 3 aromatic rings. The van der Waals surface area contributed by atoms with Gasteiger partial charge < -0.3 is 15.4 Å². The molecule has 3 rings (SSSR count). The van der Waals surface area contributed by atoms with Crippen LogP contribution < -0.4 is 10.6 Å². The highest BCUT2D eigenvalue weighted by molar-refractivity contribution is 7.12. The predicted molar refractivity (Wildman–Crippen MR) is 104 cm³/mol. The fourth-order valence-corrected chi connectivity index (χ4v) is 2.97. The summed E-state index contributed by atoms with van der Waals surface area (Å²) < 4.78 is 4.63. The Bertz CT molecular complexity index is 966. The first kappa shape index (κ1) is 18.3. The highest BCUT2D eigenvalue weighted by Gasteiger charge is 2.11. The Labute approximate surface area is 159 Å². The van der Waals surface area contributed by atoms with Gasteiger partial charge in [-0.05, 0) is 53.9 Å². The lowest BCUT2D eigenvalue weighted by Gasteiger charge is -2.09.